The quantitative estimate of drug-likeness (QED) is 0.585. The second kappa shape index (κ2) is 8.13. The Kier molecular flexibility index (Phi) is 7.13. The van der Waals surface area contributed by atoms with Gasteiger partial charge in [-0.2, -0.15) is 0 Å². The maximum absolute atomic E-state index is 5.72. The summed E-state index contributed by atoms with van der Waals surface area (Å²) in [5.74, 6) is 0.921. The van der Waals surface area contributed by atoms with Crippen molar-refractivity contribution in [1.29, 1.82) is 0 Å². The van der Waals surface area contributed by atoms with E-state index < -0.39 is 0 Å². The van der Waals surface area contributed by atoms with Crippen molar-refractivity contribution in [2.45, 2.75) is 39.0 Å². The van der Waals surface area contributed by atoms with Gasteiger partial charge in [0, 0.05) is 4.47 Å². The SMILES string of the molecule is CCCCCCCOc1cc(Br)ccc1Br. The summed E-state index contributed by atoms with van der Waals surface area (Å²) in [6.07, 6.45) is 6.34. The first-order valence-corrected chi connectivity index (χ1v) is 7.40. The average Bonchev–Trinajstić information content (AvgIpc) is 2.28. The molecule has 1 aromatic carbocycles. The summed E-state index contributed by atoms with van der Waals surface area (Å²) in [7, 11) is 0. The van der Waals surface area contributed by atoms with Crippen molar-refractivity contribution in [3.05, 3.63) is 27.1 Å². The lowest BCUT2D eigenvalue weighted by Gasteiger charge is -2.08. The molecule has 90 valence electrons. The van der Waals surface area contributed by atoms with Gasteiger partial charge in [-0.25, -0.2) is 0 Å². The lowest BCUT2D eigenvalue weighted by atomic mass is 10.2. The molecule has 1 aromatic rings. The molecule has 0 aliphatic carbocycles. The number of hydrogen-bond acceptors (Lipinski definition) is 1. The second-order valence-electron chi connectivity index (χ2n) is 3.84. The van der Waals surface area contributed by atoms with E-state index in [1.54, 1.807) is 0 Å². The molecule has 0 radical (unpaired) electrons. The maximum Gasteiger partial charge on any atom is 0.134 e. The predicted octanol–water partition coefficient (Wildman–Crippen LogP) is 5.56. The van der Waals surface area contributed by atoms with Gasteiger partial charge < -0.3 is 4.74 Å². The normalized spacial score (nSPS) is 10.4. The molecule has 0 aliphatic rings. The number of halogens is 2. The van der Waals surface area contributed by atoms with Crippen LogP contribution in [0.4, 0.5) is 0 Å². The van der Waals surface area contributed by atoms with E-state index in [4.69, 9.17) is 4.74 Å². The zero-order chi connectivity index (χ0) is 11.8. The van der Waals surface area contributed by atoms with Crippen LogP contribution in [0.25, 0.3) is 0 Å². The van der Waals surface area contributed by atoms with Crippen molar-refractivity contribution >= 4 is 31.9 Å². The van der Waals surface area contributed by atoms with Gasteiger partial charge >= 0.3 is 0 Å². The minimum Gasteiger partial charge on any atom is -0.492 e. The summed E-state index contributed by atoms with van der Waals surface area (Å²) < 4.78 is 7.79. The first kappa shape index (κ1) is 14.0. The van der Waals surface area contributed by atoms with Crippen LogP contribution >= 0.6 is 31.9 Å². The Morgan fingerprint density at radius 1 is 1.06 bits per heavy atom. The fraction of sp³-hybridized carbons (Fsp3) is 0.538. The molecule has 0 N–H and O–H groups in total. The van der Waals surface area contributed by atoms with E-state index in [-0.39, 0.29) is 0 Å². The fourth-order valence-electron chi connectivity index (χ4n) is 1.48. The molecule has 0 aliphatic heterocycles. The highest BCUT2D eigenvalue weighted by Gasteiger charge is 2.01. The smallest absolute Gasteiger partial charge is 0.134 e. The Bertz CT molecular complexity index is 313. The molecule has 0 fully saturated rings. The molecule has 0 atom stereocenters. The van der Waals surface area contributed by atoms with E-state index >= 15 is 0 Å². The largest absolute Gasteiger partial charge is 0.492 e. The van der Waals surface area contributed by atoms with Crippen LogP contribution in [0.15, 0.2) is 27.1 Å². The first-order valence-electron chi connectivity index (χ1n) is 5.82. The zero-order valence-corrected chi connectivity index (χ0v) is 12.8. The number of ether oxygens (including phenoxy) is 1. The Morgan fingerprint density at radius 2 is 1.81 bits per heavy atom. The van der Waals surface area contributed by atoms with Crippen LogP contribution in [0.3, 0.4) is 0 Å². The second-order valence-corrected chi connectivity index (χ2v) is 5.61. The first-order chi connectivity index (χ1) is 7.74. The summed E-state index contributed by atoms with van der Waals surface area (Å²) in [6, 6.07) is 5.99. The highest BCUT2D eigenvalue weighted by Crippen LogP contribution is 2.28. The average molecular weight is 350 g/mol. The van der Waals surface area contributed by atoms with Crippen LogP contribution in [0.5, 0.6) is 5.75 Å². The molecule has 0 aromatic heterocycles. The van der Waals surface area contributed by atoms with Crippen LogP contribution in [-0.4, -0.2) is 6.61 Å². The highest BCUT2D eigenvalue weighted by atomic mass is 79.9. The van der Waals surface area contributed by atoms with Crippen LogP contribution in [0.1, 0.15) is 39.0 Å². The minimum atomic E-state index is 0.804. The molecule has 16 heavy (non-hydrogen) atoms. The molecule has 0 heterocycles. The van der Waals surface area contributed by atoms with Gasteiger partial charge in [0.2, 0.25) is 0 Å². The molecule has 1 nitrogen and oxygen atoms in total. The Balaban J connectivity index is 2.23. The van der Waals surface area contributed by atoms with E-state index in [0.717, 1.165) is 27.7 Å². The maximum atomic E-state index is 5.72. The van der Waals surface area contributed by atoms with Crippen molar-refractivity contribution in [1.82, 2.24) is 0 Å². The van der Waals surface area contributed by atoms with E-state index in [9.17, 15) is 0 Å². The number of rotatable bonds is 7. The van der Waals surface area contributed by atoms with E-state index in [1.165, 1.54) is 25.7 Å². The number of unbranched alkanes of at least 4 members (excludes halogenated alkanes) is 4. The molecule has 0 saturated carbocycles. The Labute approximate surface area is 115 Å². The molecule has 0 bridgehead atoms. The Hall–Kier alpha value is -0.0200. The van der Waals surface area contributed by atoms with E-state index in [0.29, 0.717) is 0 Å². The topological polar surface area (TPSA) is 9.23 Å². The van der Waals surface area contributed by atoms with E-state index in [1.807, 2.05) is 18.2 Å². The summed E-state index contributed by atoms with van der Waals surface area (Å²) in [5.41, 5.74) is 0. The van der Waals surface area contributed by atoms with Crippen LogP contribution in [0, 0.1) is 0 Å². The van der Waals surface area contributed by atoms with Crippen LogP contribution in [0.2, 0.25) is 0 Å². The number of hydrogen-bond donors (Lipinski definition) is 0. The van der Waals surface area contributed by atoms with Gasteiger partial charge in [-0.15, -0.1) is 0 Å². The summed E-state index contributed by atoms with van der Waals surface area (Å²) in [6.45, 7) is 3.04. The molecule has 3 heteroatoms. The van der Waals surface area contributed by atoms with Crippen molar-refractivity contribution in [3.63, 3.8) is 0 Å². The molecule has 0 amide bonds. The third-order valence-corrected chi connectivity index (χ3v) is 3.55. The molecule has 0 spiro atoms. The van der Waals surface area contributed by atoms with Crippen LogP contribution < -0.4 is 4.74 Å². The van der Waals surface area contributed by atoms with Gasteiger partial charge in [0.05, 0.1) is 11.1 Å². The fourth-order valence-corrected chi connectivity index (χ4v) is 2.18. The minimum absolute atomic E-state index is 0.804. The van der Waals surface area contributed by atoms with Crippen molar-refractivity contribution in [2.24, 2.45) is 0 Å². The monoisotopic (exact) mass is 348 g/mol. The van der Waals surface area contributed by atoms with Crippen molar-refractivity contribution < 1.29 is 4.74 Å². The van der Waals surface area contributed by atoms with Gasteiger partial charge in [0.15, 0.2) is 0 Å². The number of benzene rings is 1. The van der Waals surface area contributed by atoms with Gasteiger partial charge in [-0.05, 0) is 40.5 Å². The molecule has 0 saturated heterocycles. The Morgan fingerprint density at radius 3 is 2.56 bits per heavy atom. The molecule has 1 rings (SSSR count). The third kappa shape index (κ3) is 5.35. The standard InChI is InChI=1S/C13H18Br2O/c1-2-3-4-5-6-9-16-13-10-11(14)7-8-12(13)15/h7-8,10H,2-6,9H2,1H3. The summed E-state index contributed by atoms with van der Waals surface area (Å²) in [4.78, 5) is 0. The predicted molar refractivity (Wildman–Crippen MR) is 76.1 cm³/mol. The summed E-state index contributed by atoms with van der Waals surface area (Å²) >= 11 is 6.92. The van der Waals surface area contributed by atoms with Gasteiger partial charge in [-0.3, -0.25) is 0 Å². The highest BCUT2D eigenvalue weighted by molar-refractivity contribution is 9.11. The zero-order valence-electron chi connectivity index (χ0n) is 9.64. The summed E-state index contributed by atoms with van der Waals surface area (Å²) in [5, 5.41) is 0. The lowest BCUT2D eigenvalue weighted by Crippen LogP contribution is -1.97. The molecular formula is C13H18Br2O. The van der Waals surface area contributed by atoms with Gasteiger partial charge in [-0.1, -0.05) is 48.5 Å². The van der Waals surface area contributed by atoms with Crippen LogP contribution in [-0.2, 0) is 0 Å². The molecular weight excluding hydrogens is 332 g/mol. The van der Waals surface area contributed by atoms with Gasteiger partial charge in [0.1, 0.15) is 5.75 Å². The third-order valence-electron chi connectivity index (χ3n) is 2.40. The van der Waals surface area contributed by atoms with E-state index in [2.05, 4.69) is 38.8 Å². The molecule has 0 unspecified atom stereocenters. The van der Waals surface area contributed by atoms with Crippen molar-refractivity contribution in [2.75, 3.05) is 6.61 Å². The lowest BCUT2D eigenvalue weighted by molar-refractivity contribution is 0.302. The van der Waals surface area contributed by atoms with Gasteiger partial charge in [0.25, 0.3) is 0 Å². The van der Waals surface area contributed by atoms with Crippen molar-refractivity contribution in [3.8, 4) is 5.75 Å².